The van der Waals surface area contributed by atoms with Crippen molar-refractivity contribution in [1.29, 1.82) is 0 Å². The Morgan fingerprint density at radius 3 is 2.32 bits per heavy atom. The third-order valence-corrected chi connectivity index (χ3v) is 7.18. The van der Waals surface area contributed by atoms with E-state index >= 15 is 0 Å². The molecule has 38 heavy (non-hydrogen) atoms. The van der Waals surface area contributed by atoms with E-state index in [1.165, 1.54) is 4.90 Å². The maximum Gasteiger partial charge on any atom is 0.256 e. The summed E-state index contributed by atoms with van der Waals surface area (Å²) in [4.78, 5) is 43.8. The standard InChI is InChI=1S/C29H28N4O4S/c1-37-24-15-11-21(12-16-24)30-26(34)18-25-28(36)33(23-6-3-2-4-7-23)29(38)32(25)19-20-9-13-22(14-10-20)31-17-5-8-27(31)35/h2-4,6-7,9-16,25H,5,8,17-19H2,1H3,(H,30,34)/t25-/m0/s1. The molecule has 3 aromatic rings. The third-order valence-electron chi connectivity index (χ3n) is 6.76. The number of carbonyl (C=O) groups excluding carboxylic acids is 3. The van der Waals surface area contributed by atoms with Gasteiger partial charge in [-0.3, -0.25) is 19.3 Å². The van der Waals surface area contributed by atoms with Crippen molar-refractivity contribution in [2.45, 2.75) is 31.8 Å². The lowest BCUT2D eigenvalue weighted by Crippen LogP contribution is -2.37. The van der Waals surface area contributed by atoms with Crippen LogP contribution in [0.5, 0.6) is 5.75 Å². The smallest absolute Gasteiger partial charge is 0.256 e. The van der Waals surface area contributed by atoms with Crippen LogP contribution < -0.4 is 19.9 Å². The van der Waals surface area contributed by atoms with Crippen LogP contribution in [0.1, 0.15) is 24.8 Å². The third kappa shape index (κ3) is 5.24. The van der Waals surface area contributed by atoms with Crippen LogP contribution in [0.3, 0.4) is 0 Å². The number of para-hydroxylation sites is 1. The van der Waals surface area contributed by atoms with Gasteiger partial charge in [-0.25, -0.2) is 0 Å². The highest BCUT2D eigenvalue weighted by Gasteiger charge is 2.44. The van der Waals surface area contributed by atoms with Gasteiger partial charge >= 0.3 is 0 Å². The molecule has 2 aliphatic heterocycles. The Morgan fingerprint density at radius 1 is 0.974 bits per heavy atom. The largest absolute Gasteiger partial charge is 0.497 e. The Bertz CT molecular complexity index is 1350. The van der Waals surface area contributed by atoms with Gasteiger partial charge in [0.1, 0.15) is 11.8 Å². The summed E-state index contributed by atoms with van der Waals surface area (Å²) in [6.07, 6.45) is 1.37. The number of thiocarbonyl (C=S) groups is 1. The fraction of sp³-hybridized carbons (Fsp3) is 0.241. The highest BCUT2D eigenvalue weighted by molar-refractivity contribution is 7.80. The van der Waals surface area contributed by atoms with Gasteiger partial charge in [-0.1, -0.05) is 30.3 Å². The van der Waals surface area contributed by atoms with Gasteiger partial charge < -0.3 is 19.9 Å². The first-order valence-corrected chi connectivity index (χ1v) is 12.9. The zero-order valence-corrected chi connectivity index (χ0v) is 21.8. The minimum Gasteiger partial charge on any atom is -0.497 e. The fourth-order valence-corrected chi connectivity index (χ4v) is 5.18. The van der Waals surface area contributed by atoms with Crippen LogP contribution in [0, 0.1) is 0 Å². The number of carbonyl (C=O) groups is 3. The average Bonchev–Trinajstić information content (AvgIpc) is 3.46. The molecule has 8 nitrogen and oxygen atoms in total. The van der Waals surface area contributed by atoms with Gasteiger partial charge in [0.05, 0.1) is 19.2 Å². The van der Waals surface area contributed by atoms with Crippen LogP contribution in [0.15, 0.2) is 78.9 Å². The number of nitrogens with zero attached hydrogens (tertiary/aromatic N) is 3. The van der Waals surface area contributed by atoms with Crippen molar-refractivity contribution in [1.82, 2.24) is 4.90 Å². The van der Waals surface area contributed by atoms with Crippen molar-refractivity contribution < 1.29 is 19.1 Å². The molecular formula is C29H28N4O4S. The Labute approximate surface area is 226 Å². The van der Waals surface area contributed by atoms with E-state index in [9.17, 15) is 14.4 Å². The molecule has 0 bridgehead atoms. The number of benzene rings is 3. The topological polar surface area (TPSA) is 82.2 Å². The van der Waals surface area contributed by atoms with Crippen LogP contribution in [0.4, 0.5) is 17.1 Å². The summed E-state index contributed by atoms with van der Waals surface area (Å²) in [5.41, 5.74) is 3.06. The highest BCUT2D eigenvalue weighted by Crippen LogP contribution is 2.30. The molecule has 0 saturated carbocycles. The van der Waals surface area contributed by atoms with Crippen molar-refractivity contribution >= 4 is 52.1 Å². The van der Waals surface area contributed by atoms with E-state index in [0.29, 0.717) is 35.2 Å². The Morgan fingerprint density at radius 2 is 1.68 bits per heavy atom. The van der Waals surface area contributed by atoms with Crippen LogP contribution in [0.2, 0.25) is 0 Å². The van der Waals surface area contributed by atoms with Crippen LogP contribution >= 0.6 is 12.2 Å². The zero-order chi connectivity index (χ0) is 26.6. The summed E-state index contributed by atoms with van der Waals surface area (Å²) in [6.45, 7) is 1.07. The van der Waals surface area contributed by atoms with Gasteiger partial charge in [-0.15, -0.1) is 0 Å². The van der Waals surface area contributed by atoms with Crippen molar-refractivity contribution in [3.05, 3.63) is 84.4 Å². The molecule has 2 heterocycles. The monoisotopic (exact) mass is 528 g/mol. The summed E-state index contributed by atoms with van der Waals surface area (Å²) >= 11 is 5.77. The predicted molar refractivity (Wildman–Crippen MR) is 150 cm³/mol. The van der Waals surface area contributed by atoms with E-state index in [2.05, 4.69) is 5.32 Å². The molecule has 0 spiro atoms. The molecule has 0 aromatic heterocycles. The lowest BCUT2D eigenvalue weighted by molar-refractivity contribution is -0.124. The number of methoxy groups -OCH3 is 1. The summed E-state index contributed by atoms with van der Waals surface area (Å²) in [5.74, 6) is 0.277. The molecule has 2 aliphatic rings. The molecule has 3 amide bonds. The number of hydrogen-bond acceptors (Lipinski definition) is 5. The Kier molecular flexibility index (Phi) is 7.37. The summed E-state index contributed by atoms with van der Waals surface area (Å²) in [5, 5.41) is 3.21. The van der Waals surface area contributed by atoms with Gasteiger partial charge in [0.25, 0.3) is 5.91 Å². The number of nitrogens with one attached hydrogen (secondary N) is 1. The summed E-state index contributed by atoms with van der Waals surface area (Å²) < 4.78 is 5.17. The quantitative estimate of drug-likeness (QED) is 0.438. The second kappa shape index (κ2) is 11.0. The van der Waals surface area contributed by atoms with Gasteiger partial charge in [0, 0.05) is 30.9 Å². The van der Waals surface area contributed by atoms with Crippen LogP contribution in [0.25, 0.3) is 0 Å². The maximum atomic E-state index is 13.6. The lowest BCUT2D eigenvalue weighted by atomic mass is 10.1. The minimum absolute atomic E-state index is 0.0608. The van der Waals surface area contributed by atoms with Crippen LogP contribution in [-0.4, -0.2) is 47.4 Å². The molecule has 2 fully saturated rings. The van der Waals surface area contributed by atoms with Crippen molar-refractivity contribution in [2.75, 3.05) is 28.8 Å². The molecule has 2 saturated heterocycles. The van der Waals surface area contributed by atoms with Gasteiger partial charge in [0.15, 0.2) is 5.11 Å². The molecule has 0 radical (unpaired) electrons. The molecule has 5 rings (SSSR count). The van der Waals surface area contributed by atoms with Crippen LogP contribution in [-0.2, 0) is 20.9 Å². The number of anilines is 3. The lowest BCUT2D eigenvalue weighted by Gasteiger charge is -2.24. The maximum absolute atomic E-state index is 13.6. The van der Waals surface area contributed by atoms with E-state index in [0.717, 1.165) is 24.2 Å². The van der Waals surface area contributed by atoms with E-state index in [1.54, 1.807) is 41.2 Å². The zero-order valence-electron chi connectivity index (χ0n) is 21.0. The number of amides is 3. The molecule has 0 aliphatic carbocycles. The van der Waals surface area contributed by atoms with Crippen molar-refractivity contribution in [3.63, 3.8) is 0 Å². The summed E-state index contributed by atoms with van der Waals surface area (Å²) in [6, 6.07) is 23.2. The van der Waals surface area contributed by atoms with E-state index in [1.807, 2.05) is 54.6 Å². The molecule has 1 atom stereocenters. The first-order chi connectivity index (χ1) is 18.4. The molecule has 9 heteroatoms. The SMILES string of the molecule is COc1ccc(NC(=O)C[C@H]2C(=O)N(c3ccccc3)C(=S)N2Cc2ccc(N3CCCC3=O)cc2)cc1. The van der Waals surface area contributed by atoms with Crippen molar-refractivity contribution in [3.8, 4) is 5.75 Å². The predicted octanol–water partition coefficient (Wildman–Crippen LogP) is 4.35. The molecular weight excluding hydrogens is 500 g/mol. The van der Waals surface area contributed by atoms with Gasteiger partial charge in [-0.05, 0) is 72.7 Å². The number of hydrogen-bond donors (Lipinski definition) is 1. The van der Waals surface area contributed by atoms with E-state index in [4.69, 9.17) is 17.0 Å². The first-order valence-electron chi connectivity index (χ1n) is 12.5. The number of ether oxygens (including phenoxy) is 1. The van der Waals surface area contributed by atoms with Gasteiger partial charge in [0.2, 0.25) is 11.8 Å². The van der Waals surface area contributed by atoms with Crippen molar-refractivity contribution in [2.24, 2.45) is 0 Å². The van der Waals surface area contributed by atoms with Gasteiger partial charge in [-0.2, -0.15) is 0 Å². The van der Waals surface area contributed by atoms with E-state index in [-0.39, 0.29) is 24.1 Å². The summed E-state index contributed by atoms with van der Waals surface area (Å²) in [7, 11) is 1.58. The minimum atomic E-state index is -0.763. The molecule has 1 N–H and O–H groups in total. The normalized spacial score (nSPS) is 17.3. The first kappa shape index (κ1) is 25.4. The highest BCUT2D eigenvalue weighted by atomic mass is 32.1. The molecule has 3 aromatic carbocycles. The Hall–Kier alpha value is -4.24. The fourth-order valence-electron chi connectivity index (χ4n) is 4.79. The number of rotatable bonds is 8. The Balaban J connectivity index is 1.36. The molecule has 194 valence electrons. The van der Waals surface area contributed by atoms with E-state index < -0.39 is 6.04 Å². The second-order valence-electron chi connectivity index (χ2n) is 9.23. The molecule has 0 unspecified atom stereocenters. The average molecular weight is 529 g/mol. The second-order valence-corrected chi connectivity index (χ2v) is 9.60.